The normalized spacial score (nSPS) is 19.6. The zero-order valence-corrected chi connectivity index (χ0v) is 7.33. The Balaban J connectivity index is 5.31. The summed E-state index contributed by atoms with van der Waals surface area (Å²) in [4.78, 5) is 0. The molecule has 6 nitrogen and oxygen atoms in total. The predicted molar refractivity (Wildman–Crippen MR) is 24.6 cm³/mol. The minimum absolute atomic E-state index is 0.743. The molecule has 0 saturated heterocycles. The average Bonchev–Trinajstić information content (AvgIpc) is 1.90. The third kappa shape index (κ3) is 1.75. The maximum atomic E-state index is 10.9. The van der Waals surface area contributed by atoms with Gasteiger partial charge in [0.2, 0.25) is 0 Å². The molecular formula is C3H10O6V. The summed E-state index contributed by atoms with van der Waals surface area (Å²) in [5.74, 6) is 0. The van der Waals surface area contributed by atoms with Gasteiger partial charge in [0.1, 0.15) is 0 Å². The van der Waals surface area contributed by atoms with Crippen LogP contribution in [0, 0.1) is 0 Å². The van der Waals surface area contributed by atoms with Gasteiger partial charge in [0.25, 0.3) is 0 Å². The molecule has 0 aliphatic carbocycles. The van der Waals surface area contributed by atoms with Gasteiger partial charge >= 0.3 is 56.8 Å². The molecule has 0 amide bonds. The van der Waals surface area contributed by atoms with Gasteiger partial charge in [-0.05, 0) is 0 Å². The van der Waals surface area contributed by atoms with Crippen molar-refractivity contribution >= 4 is 0 Å². The van der Waals surface area contributed by atoms with Crippen LogP contribution in [0.3, 0.4) is 0 Å². The summed E-state index contributed by atoms with van der Waals surface area (Å²) in [6, 6.07) is 0. The maximum absolute atomic E-state index is 10.9. The summed E-state index contributed by atoms with van der Waals surface area (Å²) >= 11 is -7.23. The molecule has 0 unspecified atom stereocenters. The Morgan fingerprint density at radius 3 is 1.20 bits per heavy atom. The van der Waals surface area contributed by atoms with Crippen LogP contribution in [0.2, 0.25) is 0 Å². The molecule has 0 aromatic rings. The molecular weight excluding hydrogens is 183 g/mol. The number of hydrogen-bond donors (Lipinski definition) is 1. The van der Waals surface area contributed by atoms with Crippen molar-refractivity contribution in [3.8, 4) is 0 Å². The van der Waals surface area contributed by atoms with E-state index in [2.05, 4.69) is 11.0 Å². The first-order valence-corrected chi connectivity index (χ1v) is 5.81. The van der Waals surface area contributed by atoms with Crippen LogP contribution >= 0.6 is 0 Å². The molecule has 0 aliphatic rings. The van der Waals surface area contributed by atoms with Crippen molar-refractivity contribution in [3.63, 3.8) is 0 Å². The van der Waals surface area contributed by atoms with E-state index in [1.165, 1.54) is 0 Å². The van der Waals surface area contributed by atoms with Gasteiger partial charge in [0, 0.05) is 0 Å². The molecule has 0 fully saturated rings. The third-order valence-electron chi connectivity index (χ3n) is 1.14. The van der Waals surface area contributed by atoms with Crippen molar-refractivity contribution < 1.29 is 35.4 Å². The molecule has 0 aromatic carbocycles. The Kier molecular flexibility index (Phi) is 1.79. The first-order valence-electron chi connectivity index (χ1n) is 2.34. The fraction of sp³-hybridized carbons (Fsp3) is 1.00. The molecule has 10 heavy (non-hydrogen) atoms. The van der Waals surface area contributed by atoms with E-state index in [-0.39, 0.29) is 0 Å². The van der Waals surface area contributed by atoms with Crippen LogP contribution in [-0.4, -0.2) is 25.4 Å². The Bertz CT molecular complexity index is 245. The summed E-state index contributed by atoms with van der Waals surface area (Å²) in [5, 5.41) is 0. The number of rotatable bonds is 3. The second kappa shape index (κ2) is 1.79. The molecule has 0 heterocycles. The summed E-state index contributed by atoms with van der Waals surface area (Å²) in [7, 11) is 2.23. The van der Waals surface area contributed by atoms with Crippen LogP contribution in [0.5, 0.6) is 0 Å². The van der Waals surface area contributed by atoms with Crippen molar-refractivity contribution in [1.82, 2.24) is 0 Å². The van der Waals surface area contributed by atoms with Gasteiger partial charge in [0.15, 0.2) is 0 Å². The van der Waals surface area contributed by atoms with Gasteiger partial charge in [-0.25, -0.2) is 0 Å². The van der Waals surface area contributed by atoms with Crippen LogP contribution < -0.4 is 0 Å². The van der Waals surface area contributed by atoms with E-state index in [4.69, 9.17) is 4.03 Å². The Morgan fingerprint density at radius 2 is 1.20 bits per heavy atom. The van der Waals surface area contributed by atoms with Crippen LogP contribution in [0.1, 0.15) is 0 Å². The van der Waals surface area contributed by atoms with E-state index >= 15 is 0 Å². The van der Waals surface area contributed by atoms with E-state index in [1.54, 1.807) is 0 Å². The molecule has 0 atom stereocenters. The second-order valence-electron chi connectivity index (χ2n) is 1.70. The fourth-order valence-corrected chi connectivity index (χ4v) is 0.922. The molecule has 0 saturated carbocycles. The predicted octanol–water partition coefficient (Wildman–Crippen LogP) is -0.506. The molecule has 0 radical (unpaired) electrons. The van der Waals surface area contributed by atoms with Gasteiger partial charge < -0.3 is 0 Å². The van der Waals surface area contributed by atoms with Gasteiger partial charge in [-0.3, -0.25) is 0 Å². The van der Waals surface area contributed by atoms with Crippen LogP contribution in [0.25, 0.3) is 0 Å². The molecule has 7 heteroatoms. The Hall–Kier alpha value is 0.0244. The van der Waals surface area contributed by atoms with Gasteiger partial charge in [-0.15, -0.1) is 0 Å². The molecule has 0 aliphatic heterocycles. The van der Waals surface area contributed by atoms with E-state index < -0.39 is 13.1 Å². The van der Waals surface area contributed by atoms with Gasteiger partial charge in [-0.1, -0.05) is 0 Å². The second-order valence-corrected chi connectivity index (χ2v) is 7.01. The van der Waals surface area contributed by atoms with E-state index in [0.717, 1.165) is 21.3 Å². The fourth-order valence-electron chi connectivity index (χ4n) is 0.224. The van der Waals surface area contributed by atoms with Crippen LogP contribution in [0.4, 0.5) is 0 Å². The molecule has 0 bridgehead atoms. The van der Waals surface area contributed by atoms with E-state index in [0.29, 0.717) is 0 Å². The Labute approximate surface area is 57.4 Å². The zero-order chi connectivity index (χ0) is 8.53. The van der Waals surface area contributed by atoms with Crippen molar-refractivity contribution in [1.29, 1.82) is 0 Å². The first-order chi connectivity index (χ1) is 4.21. The molecule has 0 spiro atoms. The summed E-state index contributed by atoms with van der Waals surface area (Å²) in [6.45, 7) is 0. The topological polar surface area (TPSA) is 82.1 Å². The summed E-state index contributed by atoms with van der Waals surface area (Å²) in [5.41, 5.74) is 0. The SMILES string of the molecule is C[O][V](=[O])(=[O])([OH])([O]C)[O]C. The summed E-state index contributed by atoms with van der Waals surface area (Å²) < 4.78 is 41.9. The zero-order valence-electron chi connectivity index (χ0n) is 5.94. The van der Waals surface area contributed by atoms with Crippen LogP contribution in [0.15, 0.2) is 0 Å². The molecule has 0 rings (SSSR count). The quantitative estimate of drug-likeness (QED) is 0.650. The van der Waals surface area contributed by atoms with Gasteiger partial charge in [-0.2, -0.15) is 0 Å². The van der Waals surface area contributed by atoms with E-state index in [9.17, 15) is 7.35 Å². The molecule has 0 aromatic heterocycles. The minimum atomic E-state index is -7.23. The van der Waals surface area contributed by atoms with Gasteiger partial charge in [0.05, 0.1) is 0 Å². The van der Waals surface area contributed by atoms with Crippen molar-refractivity contribution in [2.24, 2.45) is 0 Å². The standard InChI is InChI=1S/3CH3O.H2O.2O.V/c3*1-2;;;;/h3*1H3;1H2;;;/q3*-1;;;;+4/p-1. The molecule has 63 valence electrons. The monoisotopic (exact) mass is 193 g/mol. The average molecular weight is 193 g/mol. The third-order valence-corrected chi connectivity index (χ3v) is 4.70. The van der Waals surface area contributed by atoms with E-state index in [1.807, 2.05) is 0 Å². The van der Waals surface area contributed by atoms with Crippen LogP contribution in [-0.2, 0) is 31.4 Å². The Morgan fingerprint density at radius 1 is 1.00 bits per heavy atom. The van der Waals surface area contributed by atoms with Crippen molar-refractivity contribution in [2.45, 2.75) is 0 Å². The molecule has 1 N–H and O–H groups in total. The number of hydrogen-bond acceptors (Lipinski definition) is 5. The van der Waals surface area contributed by atoms with Crippen molar-refractivity contribution in [3.05, 3.63) is 0 Å². The first kappa shape index (κ1) is 10.0. The summed E-state index contributed by atoms with van der Waals surface area (Å²) in [6.07, 6.45) is 0. The van der Waals surface area contributed by atoms with Crippen molar-refractivity contribution in [2.75, 3.05) is 21.3 Å².